The van der Waals surface area contributed by atoms with Gasteiger partial charge in [0.2, 0.25) is 0 Å². The fourth-order valence-corrected chi connectivity index (χ4v) is 2.90. The molecule has 0 amide bonds. The lowest BCUT2D eigenvalue weighted by Crippen LogP contribution is -2.41. The fourth-order valence-electron chi connectivity index (χ4n) is 2.90. The van der Waals surface area contributed by atoms with E-state index in [1.165, 1.54) is 0 Å². The Balaban J connectivity index is 2.39. The number of hydrogen-bond acceptors (Lipinski definition) is 3. The summed E-state index contributed by atoms with van der Waals surface area (Å²) in [5, 5.41) is 9.82. The Morgan fingerprint density at radius 2 is 2.00 bits per heavy atom. The first-order valence-electron chi connectivity index (χ1n) is 5.31. The van der Waals surface area contributed by atoms with E-state index in [-0.39, 0.29) is 17.5 Å². The van der Waals surface area contributed by atoms with Crippen LogP contribution >= 0.6 is 0 Å². The molecule has 0 radical (unpaired) electrons. The number of carbonyl (C=O) groups is 2. The summed E-state index contributed by atoms with van der Waals surface area (Å²) in [6.07, 6.45) is 2.30. The molecule has 78 valence electrons. The number of hydrogen-bond donors (Lipinski definition) is 1. The van der Waals surface area contributed by atoms with Crippen LogP contribution in [0, 0.1) is 11.3 Å². The van der Waals surface area contributed by atoms with Gasteiger partial charge in [-0.05, 0) is 26.2 Å². The van der Waals surface area contributed by atoms with Gasteiger partial charge in [-0.3, -0.25) is 9.59 Å². The van der Waals surface area contributed by atoms with Gasteiger partial charge in [-0.1, -0.05) is 0 Å². The number of carbonyl (C=O) groups excluding carboxylic acids is 2. The van der Waals surface area contributed by atoms with Gasteiger partial charge in [0.15, 0.2) is 0 Å². The molecule has 1 N–H and O–H groups in total. The average Bonchev–Trinajstić information content (AvgIpc) is 2.39. The van der Waals surface area contributed by atoms with Gasteiger partial charge in [-0.25, -0.2) is 0 Å². The summed E-state index contributed by atoms with van der Waals surface area (Å²) in [6.45, 7) is 1.76. The van der Waals surface area contributed by atoms with Crippen LogP contribution in [0.1, 0.15) is 39.0 Å². The molecule has 0 bridgehead atoms. The summed E-state index contributed by atoms with van der Waals surface area (Å²) in [4.78, 5) is 23.6. The molecule has 2 aliphatic carbocycles. The van der Waals surface area contributed by atoms with Crippen LogP contribution in [0.5, 0.6) is 0 Å². The van der Waals surface area contributed by atoms with Crippen molar-refractivity contribution in [3.63, 3.8) is 0 Å². The molecule has 0 aromatic heterocycles. The number of fused-ring (bicyclic) bond motifs is 1. The van der Waals surface area contributed by atoms with Crippen molar-refractivity contribution >= 4 is 11.6 Å². The van der Waals surface area contributed by atoms with Crippen LogP contribution in [0.2, 0.25) is 0 Å². The Labute approximate surface area is 83.5 Å². The number of aliphatic hydroxyl groups is 1. The van der Waals surface area contributed by atoms with Crippen molar-refractivity contribution < 1.29 is 14.7 Å². The highest BCUT2D eigenvalue weighted by atomic mass is 16.3. The summed E-state index contributed by atoms with van der Waals surface area (Å²) in [7, 11) is 0. The number of ketones is 2. The quantitative estimate of drug-likeness (QED) is 0.631. The van der Waals surface area contributed by atoms with Gasteiger partial charge >= 0.3 is 0 Å². The molecule has 14 heavy (non-hydrogen) atoms. The summed E-state index contributed by atoms with van der Waals surface area (Å²) in [6, 6.07) is 0. The number of Topliss-reactive ketones (excluding diaryl/α,β-unsaturated/α-hetero) is 2. The summed E-state index contributed by atoms with van der Waals surface area (Å²) < 4.78 is 0. The van der Waals surface area contributed by atoms with Gasteiger partial charge in [0.05, 0.1) is 11.5 Å². The lowest BCUT2D eigenvalue weighted by atomic mass is 9.73. The molecule has 3 nitrogen and oxygen atoms in total. The van der Waals surface area contributed by atoms with E-state index >= 15 is 0 Å². The van der Waals surface area contributed by atoms with Crippen molar-refractivity contribution in [2.75, 3.05) is 0 Å². The molecule has 0 saturated heterocycles. The van der Waals surface area contributed by atoms with Gasteiger partial charge in [-0.15, -0.1) is 0 Å². The molecule has 0 spiro atoms. The maximum absolute atomic E-state index is 11.9. The smallest absolute Gasteiger partial charge is 0.142 e. The second-order valence-corrected chi connectivity index (χ2v) is 4.67. The molecule has 2 fully saturated rings. The van der Waals surface area contributed by atoms with Crippen LogP contribution in [-0.2, 0) is 9.59 Å². The Morgan fingerprint density at radius 3 is 2.71 bits per heavy atom. The average molecular weight is 196 g/mol. The molecular weight excluding hydrogens is 180 g/mol. The Morgan fingerprint density at radius 1 is 1.29 bits per heavy atom. The highest BCUT2D eigenvalue weighted by Crippen LogP contribution is 2.47. The first-order valence-corrected chi connectivity index (χ1v) is 5.31. The van der Waals surface area contributed by atoms with Crippen molar-refractivity contribution in [3.05, 3.63) is 0 Å². The molecule has 0 aliphatic heterocycles. The fraction of sp³-hybridized carbons (Fsp3) is 0.818. The van der Waals surface area contributed by atoms with Crippen molar-refractivity contribution in [1.29, 1.82) is 0 Å². The monoisotopic (exact) mass is 196 g/mol. The van der Waals surface area contributed by atoms with E-state index in [1.54, 1.807) is 6.92 Å². The van der Waals surface area contributed by atoms with E-state index in [0.29, 0.717) is 32.1 Å². The predicted molar refractivity (Wildman–Crippen MR) is 50.7 cm³/mol. The minimum atomic E-state index is -0.770. The third kappa shape index (κ3) is 1.15. The zero-order valence-corrected chi connectivity index (χ0v) is 8.45. The molecule has 0 aromatic rings. The standard InChI is InChI=1S/C11H16O3/c1-11-7(5-6-10(11)14)8(12)3-2-4-9(11)13/h7,10,14H,2-6H2,1H3. The van der Waals surface area contributed by atoms with Crippen molar-refractivity contribution in [2.24, 2.45) is 11.3 Å². The largest absolute Gasteiger partial charge is 0.392 e. The van der Waals surface area contributed by atoms with Crippen molar-refractivity contribution in [3.8, 4) is 0 Å². The third-order valence-corrected chi connectivity index (χ3v) is 3.96. The molecule has 2 aliphatic rings. The van der Waals surface area contributed by atoms with Crippen LogP contribution in [0.15, 0.2) is 0 Å². The van der Waals surface area contributed by atoms with Crippen molar-refractivity contribution in [2.45, 2.75) is 45.1 Å². The summed E-state index contributed by atoms with van der Waals surface area (Å²) in [5.41, 5.74) is -0.770. The molecule has 3 heteroatoms. The lowest BCUT2D eigenvalue weighted by Gasteiger charge is -2.30. The first kappa shape index (κ1) is 9.84. The topological polar surface area (TPSA) is 54.4 Å². The normalized spacial score (nSPS) is 43.6. The molecule has 0 aromatic carbocycles. The minimum absolute atomic E-state index is 0.0818. The van der Waals surface area contributed by atoms with Crippen LogP contribution < -0.4 is 0 Å². The maximum atomic E-state index is 11.9. The first-order chi connectivity index (χ1) is 6.56. The van der Waals surface area contributed by atoms with E-state index in [1.807, 2.05) is 0 Å². The van der Waals surface area contributed by atoms with Gasteiger partial charge in [0, 0.05) is 18.8 Å². The van der Waals surface area contributed by atoms with E-state index in [4.69, 9.17) is 0 Å². The second-order valence-electron chi connectivity index (χ2n) is 4.67. The van der Waals surface area contributed by atoms with Crippen molar-refractivity contribution in [1.82, 2.24) is 0 Å². The van der Waals surface area contributed by atoms with E-state index in [9.17, 15) is 14.7 Å². The molecule has 2 saturated carbocycles. The number of aliphatic hydroxyl groups excluding tert-OH is 1. The SMILES string of the molecule is CC12C(=O)CCCC(=O)C1CCC2O. The Hall–Kier alpha value is -0.700. The summed E-state index contributed by atoms with van der Waals surface area (Å²) >= 11 is 0. The molecule has 0 heterocycles. The maximum Gasteiger partial charge on any atom is 0.142 e. The van der Waals surface area contributed by atoms with Crippen LogP contribution in [0.25, 0.3) is 0 Å². The van der Waals surface area contributed by atoms with Crippen LogP contribution in [-0.4, -0.2) is 22.8 Å². The van der Waals surface area contributed by atoms with Gasteiger partial charge in [0.25, 0.3) is 0 Å². The van der Waals surface area contributed by atoms with Gasteiger partial charge in [-0.2, -0.15) is 0 Å². The molecule has 3 unspecified atom stereocenters. The molecule has 3 atom stereocenters. The van der Waals surface area contributed by atoms with E-state index in [0.717, 1.165) is 0 Å². The predicted octanol–water partition coefficient (Wildman–Crippen LogP) is 1.09. The second kappa shape index (κ2) is 3.16. The zero-order valence-electron chi connectivity index (χ0n) is 8.45. The number of rotatable bonds is 0. The van der Waals surface area contributed by atoms with Gasteiger partial charge < -0.3 is 5.11 Å². The zero-order chi connectivity index (χ0) is 10.3. The van der Waals surface area contributed by atoms with Gasteiger partial charge in [0.1, 0.15) is 11.6 Å². The highest BCUT2D eigenvalue weighted by molar-refractivity contribution is 5.95. The Kier molecular flexibility index (Phi) is 2.22. The van der Waals surface area contributed by atoms with Crippen LogP contribution in [0.4, 0.5) is 0 Å². The third-order valence-electron chi connectivity index (χ3n) is 3.96. The molecular formula is C11H16O3. The van der Waals surface area contributed by atoms with E-state index < -0.39 is 11.5 Å². The lowest BCUT2D eigenvalue weighted by molar-refractivity contribution is -0.139. The van der Waals surface area contributed by atoms with E-state index in [2.05, 4.69) is 0 Å². The Bertz CT molecular complexity index is 284. The minimum Gasteiger partial charge on any atom is -0.392 e. The van der Waals surface area contributed by atoms with Crippen LogP contribution in [0.3, 0.4) is 0 Å². The summed E-state index contributed by atoms with van der Waals surface area (Å²) in [5.74, 6) is 0.0424. The highest BCUT2D eigenvalue weighted by Gasteiger charge is 2.54. The molecule has 2 rings (SSSR count).